The van der Waals surface area contributed by atoms with Crippen LogP contribution in [0.3, 0.4) is 0 Å². The van der Waals surface area contributed by atoms with Crippen molar-refractivity contribution in [1.29, 1.82) is 0 Å². The van der Waals surface area contributed by atoms with Gasteiger partial charge in [-0.2, -0.15) is 0 Å². The topological polar surface area (TPSA) is 115 Å². The molecule has 2 N–H and O–H groups in total. The molecule has 0 fully saturated rings. The first-order valence-corrected chi connectivity index (χ1v) is 15.4. The van der Waals surface area contributed by atoms with Gasteiger partial charge in [-0.25, -0.2) is 0 Å². The highest BCUT2D eigenvalue weighted by Crippen LogP contribution is 2.27. The van der Waals surface area contributed by atoms with Crippen molar-refractivity contribution in [2.45, 2.75) is 36.8 Å². The van der Waals surface area contributed by atoms with Crippen molar-refractivity contribution >= 4 is 62.6 Å². The molecule has 9 nitrogen and oxygen atoms in total. The van der Waals surface area contributed by atoms with Crippen LogP contribution in [0.15, 0.2) is 70.2 Å². The summed E-state index contributed by atoms with van der Waals surface area (Å²) in [5.41, 5.74) is 3.59. The van der Waals surface area contributed by atoms with E-state index in [4.69, 9.17) is 0 Å². The van der Waals surface area contributed by atoms with Crippen molar-refractivity contribution in [3.8, 4) is 5.69 Å². The van der Waals surface area contributed by atoms with Gasteiger partial charge >= 0.3 is 0 Å². The van der Waals surface area contributed by atoms with E-state index in [1.54, 1.807) is 11.8 Å². The van der Waals surface area contributed by atoms with Crippen molar-refractivity contribution in [2.75, 3.05) is 16.8 Å². The van der Waals surface area contributed by atoms with Gasteiger partial charge in [-0.1, -0.05) is 90.3 Å². The number of carbonyl (C=O) groups excluding carboxylic acids is 2. The van der Waals surface area contributed by atoms with Crippen LogP contribution in [-0.2, 0) is 11.3 Å². The number of thioether (sulfide) groups is 2. The number of aryl methyl sites for hydroxylation is 2. The Kier molecular flexibility index (Phi) is 8.78. The summed E-state index contributed by atoms with van der Waals surface area (Å²) in [7, 11) is 0. The summed E-state index contributed by atoms with van der Waals surface area (Å²) in [5, 5.41) is 25.6. The number of carbonyl (C=O) groups is 2. The zero-order valence-electron chi connectivity index (χ0n) is 22.2. The number of hydrogen-bond donors (Lipinski definition) is 2. The van der Waals surface area contributed by atoms with Crippen molar-refractivity contribution in [3.05, 3.63) is 83.2 Å². The fourth-order valence-corrected chi connectivity index (χ4v) is 6.54. The van der Waals surface area contributed by atoms with Crippen LogP contribution < -0.4 is 10.6 Å². The van der Waals surface area contributed by atoms with Gasteiger partial charge in [-0.15, -0.1) is 20.4 Å². The first-order valence-electron chi connectivity index (χ1n) is 12.6. The SMILES string of the molecule is CCSc1nnc(NC(=O)CSc2nnc(CNC(=O)c3cccc4ccccc34)n2-c2cc(C)ccc2C)s1. The van der Waals surface area contributed by atoms with Crippen LogP contribution in [0, 0.1) is 13.8 Å². The summed E-state index contributed by atoms with van der Waals surface area (Å²) < 4.78 is 2.72. The van der Waals surface area contributed by atoms with Crippen LogP contribution in [0.2, 0.25) is 0 Å². The molecule has 0 unspecified atom stereocenters. The number of fused-ring (bicyclic) bond motifs is 1. The molecule has 0 saturated heterocycles. The number of aromatic nitrogens is 5. The second kappa shape index (κ2) is 12.6. The van der Waals surface area contributed by atoms with Crippen molar-refractivity contribution in [1.82, 2.24) is 30.3 Å². The lowest BCUT2D eigenvalue weighted by atomic mass is 10.0. The fraction of sp³-hybridized carbons (Fsp3) is 0.214. The van der Waals surface area contributed by atoms with E-state index in [-0.39, 0.29) is 24.1 Å². The van der Waals surface area contributed by atoms with Gasteiger partial charge in [0.25, 0.3) is 5.91 Å². The second-order valence-corrected chi connectivity index (χ2v) is 12.3. The molecule has 0 aliphatic rings. The average Bonchev–Trinajstić information content (AvgIpc) is 3.58. The minimum atomic E-state index is -0.212. The fourth-order valence-electron chi connectivity index (χ4n) is 4.12. The molecule has 0 atom stereocenters. The van der Waals surface area contributed by atoms with E-state index in [1.165, 1.54) is 23.1 Å². The van der Waals surface area contributed by atoms with Crippen LogP contribution in [0.5, 0.6) is 0 Å². The predicted molar refractivity (Wildman–Crippen MR) is 162 cm³/mol. The van der Waals surface area contributed by atoms with Crippen LogP contribution >= 0.6 is 34.9 Å². The maximum atomic E-state index is 13.2. The smallest absolute Gasteiger partial charge is 0.252 e. The Hall–Kier alpha value is -3.74. The molecule has 5 rings (SSSR count). The molecule has 0 radical (unpaired) electrons. The normalized spacial score (nSPS) is 11.1. The molecule has 0 aliphatic heterocycles. The molecule has 2 aromatic heterocycles. The Bertz CT molecular complexity index is 1680. The lowest BCUT2D eigenvalue weighted by Gasteiger charge is -2.14. The first-order chi connectivity index (χ1) is 19.4. The lowest BCUT2D eigenvalue weighted by molar-refractivity contribution is -0.113. The minimum absolute atomic E-state index is 0.112. The van der Waals surface area contributed by atoms with E-state index in [1.807, 2.05) is 86.0 Å². The molecule has 2 heterocycles. The highest BCUT2D eigenvalue weighted by Gasteiger charge is 2.19. The zero-order chi connectivity index (χ0) is 28.1. The lowest BCUT2D eigenvalue weighted by Crippen LogP contribution is -2.25. The molecule has 5 aromatic rings. The maximum Gasteiger partial charge on any atom is 0.252 e. The highest BCUT2D eigenvalue weighted by molar-refractivity contribution is 8.01. The molecule has 0 bridgehead atoms. The molecular formula is C28H27N7O2S3. The Morgan fingerprint density at radius 2 is 1.77 bits per heavy atom. The summed E-state index contributed by atoms with van der Waals surface area (Å²) in [6.07, 6.45) is 0. The van der Waals surface area contributed by atoms with Gasteiger partial charge in [0.2, 0.25) is 11.0 Å². The van der Waals surface area contributed by atoms with E-state index in [2.05, 4.69) is 31.0 Å². The number of nitrogens with zero attached hydrogens (tertiary/aromatic N) is 5. The third-order valence-corrected chi connectivity index (χ3v) is 8.78. The highest BCUT2D eigenvalue weighted by atomic mass is 32.2. The number of nitrogens with one attached hydrogen (secondary N) is 2. The van der Waals surface area contributed by atoms with Gasteiger partial charge in [0.1, 0.15) is 0 Å². The Morgan fingerprint density at radius 1 is 0.950 bits per heavy atom. The minimum Gasteiger partial charge on any atom is -0.345 e. The monoisotopic (exact) mass is 589 g/mol. The van der Waals surface area contributed by atoms with Crippen molar-refractivity contribution in [2.24, 2.45) is 0 Å². The number of anilines is 1. The molecule has 0 aliphatic carbocycles. The quantitative estimate of drug-likeness (QED) is 0.158. The molecule has 3 aromatic carbocycles. The Labute approximate surface area is 244 Å². The number of benzene rings is 3. The van der Waals surface area contributed by atoms with Gasteiger partial charge in [-0.05, 0) is 53.6 Å². The van der Waals surface area contributed by atoms with Crippen molar-refractivity contribution < 1.29 is 9.59 Å². The Balaban J connectivity index is 1.35. The van der Waals surface area contributed by atoms with Crippen LogP contribution in [0.4, 0.5) is 5.13 Å². The summed E-state index contributed by atoms with van der Waals surface area (Å²) in [6, 6.07) is 19.6. The van der Waals surface area contributed by atoms with Crippen LogP contribution in [-0.4, -0.2) is 48.3 Å². The molecule has 2 amide bonds. The van der Waals surface area contributed by atoms with E-state index in [9.17, 15) is 9.59 Å². The molecule has 12 heteroatoms. The van der Waals surface area contributed by atoms with Crippen LogP contribution in [0.25, 0.3) is 16.5 Å². The molecule has 0 spiro atoms. The van der Waals surface area contributed by atoms with Gasteiger partial charge in [0.15, 0.2) is 15.3 Å². The summed E-state index contributed by atoms with van der Waals surface area (Å²) in [5.74, 6) is 1.16. The third-order valence-electron chi connectivity index (χ3n) is 6.00. The summed E-state index contributed by atoms with van der Waals surface area (Å²) in [4.78, 5) is 25.9. The standard InChI is InChI=1S/C28H27N7O2S3/c1-4-38-28-34-32-26(40-28)30-24(36)16-39-27-33-31-23(35(27)22-14-17(2)12-13-18(22)3)15-29-25(37)21-11-7-9-19-8-5-6-10-20(19)21/h5-14H,4,15-16H2,1-3H3,(H,29,37)(H,30,32,36). The van der Waals surface area contributed by atoms with E-state index in [0.29, 0.717) is 21.7 Å². The number of hydrogen-bond acceptors (Lipinski definition) is 9. The van der Waals surface area contributed by atoms with E-state index < -0.39 is 0 Å². The molecule has 40 heavy (non-hydrogen) atoms. The third kappa shape index (κ3) is 6.35. The number of rotatable bonds is 10. The Morgan fingerprint density at radius 3 is 2.62 bits per heavy atom. The van der Waals surface area contributed by atoms with Gasteiger partial charge < -0.3 is 5.32 Å². The summed E-state index contributed by atoms with van der Waals surface area (Å²) >= 11 is 4.20. The predicted octanol–water partition coefficient (Wildman–Crippen LogP) is 5.66. The van der Waals surface area contributed by atoms with Gasteiger partial charge in [0.05, 0.1) is 18.0 Å². The van der Waals surface area contributed by atoms with Crippen LogP contribution in [0.1, 0.15) is 34.2 Å². The van der Waals surface area contributed by atoms with Gasteiger partial charge in [-0.3, -0.25) is 19.5 Å². The van der Waals surface area contributed by atoms with Crippen molar-refractivity contribution in [3.63, 3.8) is 0 Å². The molecule has 204 valence electrons. The maximum absolute atomic E-state index is 13.2. The molecule has 0 saturated carbocycles. The largest absolute Gasteiger partial charge is 0.345 e. The zero-order valence-corrected chi connectivity index (χ0v) is 24.6. The summed E-state index contributed by atoms with van der Waals surface area (Å²) in [6.45, 7) is 6.23. The second-order valence-electron chi connectivity index (χ2n) is 8.88. The average molecular weight is 590 g/mol. The van der Waals surface area contributed by atoms with E-state index >= 15 is 0 Å². The van der Waals surface area contributed by atoms with Gasteiger partial charge in [0, 0.05) is 5.56 Å². The van der Waals surface area contributed by atoms with E-state index in [0.717, 1.165) is 37.7 Å². The number of amides is 2. The molecular weight excluding hydrogens is 563 g/mol. The first kappa shape index (κ1) is 27.8.